The fraction of sp³-hybridized carbons (Fsp3) is 0.231. The molecule has 0 spiro atoms. The van der Waals surface area contributed by atoms with Gasteiger partial charge in [-0.15, -0.1) is 0 Å². The van der Waals surface area contributed by atoms with Crippen molar-refractivity contribution in [2.75, 3.05) is 6.61 Å². The Morgan fingerprint density at radius 2 is 2.00 bits per heavy atom. The van der Waals surface area contributed by atoms with Gasteiger partial charge in [0.25, 0.3) is 5.69 Å². The number of halogens is 3. The maximum Gasteiger partial charge on any atom is 0.422 e. The summed E-state index contributed by atoms with van der Waals surface area (Å²) in [6.07, 6.45) is -3.35. The van der Waals surface area contributed by atoms with Crippen molar-refractivity contribution in [2.45, 2.75) is 12.6 Å². The second kappa shape index (κ2) is 7.34. The molecule has 0 radical (unpaired) electrons. The van der Waals surface area contributed by atoms with Gasteiger partial charge < -0.3 is 4.74 Å². The third-order valence-corrected chi connectivity index (χ3v) is 2.26. The molecule has 0 N–H and O–H groups in total. The molecule has 0 heterocycles. The number of carbonyl (C=O) groups is 2. The molecule has 0 aromatic heterocycles. The number of carbonyl (C=O) groups excluding carboxylic acids is 2. The first kappa shape index (κ1) is 17.3. The zero-order chi connectivity index (χ0) is 16.8. The molecular formula is C13H10F3NO5. The average molecular weight is 317 g/mol. The molecule has 0 saturated heterocycles. The number of non-ortho nitro benzene ring substituents is 1. The van der Waals surface area contributed by atoms with E-state index in [9.17, 15) is 32.9 Å². The normalized spacial score (nSPS) is 11.4. The van der Waals surface area contributed by atoms with Crippen molar-refractivity contribution in [3.05, 3.63) is 46.0 Å². The number of nitro groups is 1. The van der Waals surface area contributed by atoms with E-state index >= 15 is 0 Å². The van der Waals surface area contributed by atoms with Crippen LogP contribution in [0.25, 0.3) is 6.08 Å². The predicted molar refractivity (Wildman–Crippen MR) is 68.8 cm³/mol. The van der Waals surface area contributed by atoms with E-state index in [0.717, 1.165) is 6.08 Å². The largest absolute Gasteiger partial charge is 0.456 e. The van der Waals surface area contributed by atoms with Crippen LogP contribution in [0, 0.1) is 10.1 Å². The molecule has 0 saturated carbocycles. The molecule has 0 aliphatic rings. The lowest BCUT2D eigenvalue weighted by Crippen LogP contribution is -2.21. The van der Waals surface area contributed by atoms with Crippen molar-refractivity contribution >= 4 is 23.5 Å². The van der Waals surface area contributed by atoms with Gasteiger partial charge in [0.2, 0.25) is 0 Å². The van der Waals surface area contributed by atoms with Crippen LogP contribution in [0.4, 0.5) is 18.9 Å². The Morgan fingerprint density at radius 3 is 2.59 bits per heavy atom. The van der Waals surface area contributed by atoms with Gasteiger partial charge >= 0.3 is 12.1 Å². The van der Waals surface area contributed by atoms with Crippen molar-refractivity contribution in [3.63, 3.8) is 0 Å². The number of allylic oxidation sites excluding steroid dienone is 1. The van der Waals surface area contributed by atoms with Gasteiger partial charge in [0.1, 0.15) is 6.42 Å². The first-order valence-corrected chi connectivity index (χ1v) is 5.85. The lowest BCUT2D eigenvalue weighted by molar-refractivity contribution is -0.384. The van der Waals surface area contributed by atoms with Crippen LogP contribution in [0.1, 0.15) is 12.0 Å². The van der Waals surface area contributed by atoms with Gasteiger partial charge in [-0.2, -0.15) is 13.2 Å². The van der Waals surface area contributed by atoms with Gasteiger partial charge in [0.15, 0.2) is 12.4 Å². The maximum atomic E-state index is 11.8. The minimum Gasteiger partial charge on any atom is -0.456 e. The molecule has 0 aliphatic carbocycles. The smallest absolute Gasteiger partial charge is 0.422 e. The molecule has 0 atom stereocenters. The van der Waals surface area contributed by atoms with Crippen LogP contribution >= 0.6 is 0 Å². The van der Waals surface area contributed by atoms with Crippen LogP contribution in [-0.4, -0.2) is 29.5 Å². The first-order chi connectivity index (χ1) is 10.2. The van der Waals surface area contributed by atoms with E-state index in [2.05, 4.69) is 4.74 Å². The lowest BCUT2D eigenvalue weighted by atomic mass is 10.1. The highest BCUT2D eigenvalue weighted by molar-refractivity contribution is 6.03. The van der Waals surface area contributed by atoms with Crippen LogP contribution in [0.3, 0.4) is 0 Å². The SMILES string of the molecule is O=C(C=Cc1cccc([N+](=O)[O-])c1)CC(=O)OCC(F)(F)F. The summed E-state index contributed by atoms with van der Waals surface area (Å²) in [5, 5.41) is 10.6. The number of ether oxygens (including phenoxy) is 1. The summed E-state index contributed by atoms with van der Waals surface area (Å²) < 4.78 is 39.3. The third-order valence-electron chi connectivity index (χ3n) is 2.26. The summed E-state index contributed by atoms with van der Waals surface area (Å²) in [7, 11) is 0. The van der Waals surface area contributed by atoms with E-state index in [1.165, 1.54) is 30.3 Å². The molecule has 9 heteroatoms. The Balaban J connectivity index is 2.56. The second-order valence-corrected chi connectivity index (χ2v) is 4.10. The number of alkyl halides is 3. The monoisotopic (exact) mass is 317 g/mol. The molecule has 0 amide bonds. The van der Waals surface area contributed by atoms with Crippen molar-refractivity contribution in [2.24, 2.45) is 0 Å². The number of ketones is 1. The minimum absolute atomic E-state index is 0.181. The van der Waals surface area contributed by atoms with Crippen molar-refractivity contribution in [3.8, 4) is 0 Å². The fourth-order valence-electron chi connectivity index (χ4n) is 1.35. The van der Waals surface area contributed by atoms with Gasteiger partial charge in [-0.3, -0.25) is 19.7 Å². The number of nitro benzene ring substituents is 1. The summed E-state index contributed by atoms with van der Waals surface area (Å²) in [6.45, 7) is -1.76. The number of nitrogens with zero attached hydrogens (tertiary/aromatic N) is 1. The van der Waals surface area contributed by atoms with Gasteiger partial charge in [0, 0.05) is 12.1 Å². The number of hydrogen-bond acceptors (Lipinski definition) is 5. The Labute approximate surface area is 122 Å². The van der Waals surface area contributed by atoms with E-state index in [-0.39, 0.29) is 5.69 Å². The van der Waals surface area contributed by atoms with E-state index < -0.39 is 35.9 Å². The topological polar surface area (TPSA) is 86.5 Å². The summed E-state index contributed by atoms with van der Waals surface area (Å²) in [5.41, 5.74) is 0.158. The lowest BCUT2D eigenvalue weighted by Gasteiger charge is -2.06. The zero-order valence-corrected chi connectivity index (χ0v) is 11.0. The number of rotatable bonds is 6. The van der Waals surface area contributed by atoms with E-state index in [1.807, 2.05) is 0 Å². The molecule has 1 rings (SSSR count). The summed E-state index contributed by atoms with van der Waals surface area (Å²) in [6, 6.07) is 5.35. The van der Waals surface area contributed by atoms with Crippen molar-refractivity contribution < 1.29 is 32.4 Å². The van der Waals surface area contributed by atoms with Gasteiger partial charge in [-0.25, -0.2) is 0 Å². The van der Waals surface area contributed by atoms with Crippen LogP contribution in [0.15, 0.2) is 30.3 Å². The molecule has 1 aromatic carbocycles. The number of hydrogen-bond donors (Lipinski definition) is 0. The zero-order valence-electron chi connectivity index (χ0n) is 11.0. The quantitative estimate of drug-likeness (QED) is 0.265. The standard InChI is InChI=1S/C13H10F3NO5/c14-13(15,16)8-22-12(19)7-11(18)5-4-9-2-1-3-10(6-9)17(20)21/h1-6H,7-8H2. The van der Waals surface area contributed by atoms with Gasteiger partial charge in [-0.05, 0) is 11.6 Å². The molecular weight excluding hydrogens is 307 g/mol. The second-order valence-electron chi connectivity index (χ2n) is 4.10. The summed E-state index contributed by atoms with van der Waals surface area (Å²) >= 11 is 0. The summed E-state index contributed by atoms with van der Waals surface area (Å²) in [5.74, 6) is -2.08. The molecule has 22 heavy (non-hydrogen) atoms. The molecule has 0 bridgehead atoms. The number of esters is 1. The number of benzene rings is 1. The van der Waals surface area contributed by atoms with Crippen LogP contribution in [0.2, 0.25) is 0 Å². The highest BCUT2D eigenvalue weighted by atomic mass is 19.4. The average Bonchev–Trinajstić information content (AvgIpc) is 2.42. The molecule has 1 aromatic rings. The van der Waals surface area contributed by atoms with E-state index in [1.54, 1.807) is 0 Å². The van der Waals surface area contributed by atoms with E-state index in [4.69, 9.17) is 0 Å². The predicted octanol–water partition coefficient (Wildman–Crippen LogP) is 2.67. The molecule has 0 unspecified atom stereocenters. The Bertz CT molecular complexity index is 610. The molecule has 6 nitrogen and oxygen atoms in total. The Hall–Kier alpha value is -2.71. The highest BCUT2D eigenvalue weighted by Crippen LogP contribution is 2.15. The van der Waals surface area contributed by atoms with Crippen molar-refractivity contribution in [1.29, 1.82) is 0 Å². The first-order valence-electron chi connectivity index (χ1n) is 5.85. The molecule has 118 valence electrons. The third kappa shape index (κ3) is 6.64. The van der Waals surface area contributed by atoms with Crippen molar-refractivity contribution in [1.82, 2.24) is 0 Å². The van der Waals surface area contributed by atoms with Gasteiger partial charge in [-0.1, -0.05) is 18.2 Å². The molecule has 0 aliphatic heterocycles. The summed E-state index contributed by atoms with van der Waals surface area (Å²) in [4.78, 5) is 32.3. The van der Waals surface area contributed by atoms with E-state index in [0.29, 0.717) is 5.56 Å². The van der Waals surface area contributed by atoms with Crippen LogP contribution in [-0.2, 0) is 14.3 Å². The van der Waals surface area contributed by atoms with Gasteiger partial charge in [0.05, 0.1) is 4.92 Å². The van der Waals surface area contributed by atoms with Crippen LogP contribution in [0.5, 0.6) is 0 Å². The van der Waals surface area contributed by atoms with Crippen LogP contribution < -0.4 is 0 Å². The maximum absolute atomic E-state index is 11.8. The Kier molecular flexibility index (Phi) is 5.79. The fourth-order valence-corrected chi connectivity index (χ4v) is 1.35. The highest BCUT2D eigenvalue weighted by Gasteiger charge is 2.29. The minimum atomic E-state index is -4.66. The molecule has 0 fully saturated rings. The Morgan fingerprint density at radius 1 is 1.32 bits per heavy atom.